The van der Waals surface area contributed by atoms with Crippen LogP contribution in [0.3, 0.4) is 0 Å². The molecule has 5 heteroatoms. The number of hydrogen-bond donors (Lipinski definition) is 2. The maximum absolute atomic E-state index is 13.4. The molecule has 1 rings (SSSR count). The summed E-state index contributed by atoms with van der Waals surface area (Å²) in [6.07, 6.45) is -2.48. The number of halogens is 1. The second kappa shape index (κ2) is 6.14. The Labute approximate surface area is 104 Å². The number of aryl methyl sites for hydroxylation is 1. The van der Waals surface area contributed by atoms with Gasteiger partial charge in [-0.15, -0.1) is 0 Å². The van der Waals surface area contributed by atoms with Gasteiger partial charge in [0.05, 0.1) is 6.10 Å². The molecule has 0 aliphatic heterocycles. The molecule has 0 heterocycles. The molecule has 2 unspecified atom stereocenters. The van der Waals surface area contributed by atoms with Crippen LogP contribution in [0.15, 0.2) is 18.2 Å². The third-order valence-electron chi connectivity index (χ3n) is 2.29. The SMILES string of the molecule is CC(=O)SCC(O)C(O)c1cc(C)ccc1F. The lowest BCUT2D eigenvalue weighted by Gasteiger charge is -2.18. The smallest absolute Gasteiger partial charge is 0.185 e. The first-order chi connectivity index (χ1) is 7.91. The molecule has 0 aliphatic carbocycles. The van der Waals surface area contributed by atoms with Crippen LogP contribution in [-0.4, -0.2) is 27.2 Å². The number of hydrogen-bond acceptors (Lipinski definition) is 4. The normalized spacial score (nSPS) is 14.4. The van der Waals surface area contributed by atoms with Crippen molar-refractivity contribution in [1.29, 1.82) is 0 Å². The zero-order valence-corrected chi connectivity index (χ0v) is 10.5. The minimum atomic E-state index is -1.32. The van der Waals surface area contributed by atoms with Gasteiger partial charge in [0, 0.05) is 18.2 Å². The predicted octanol–water partition coefficient (Wildman–Crippen LogP) is 1.81. The van der Waals surface area contributed by atoms with Crippen molar-refractivity contribution in [1.82, 2.24) is 0 Å². The predicted molar refractivity (Wildman–Crippen MR) is 65.2 cm³/mol. The minimum Gasteiger partial charge on any atom is -0.389 e. The average Bonchev–Trinajstić information content (AvgIpc) is 2.28. The first kappa shape index (κ1) is 14.2. The zero-order valence-electron chi connectivity index (χ0n) is 9.68. The molecule has 0 amide bonds. The molecule has 2 atom stereocenters. The number of carbonyl (C=O) groups excluding carboxylic acids is 1. The minimum absolute atomic E-state index is 0.0455. The van der Waals surface area contributed by atoms with Crippen LogP contribution >= 0.6 is 11.8 Å². The molecule has 3 nitrogen and oxygen atoms in total. The van der Waals surface area contributed by atoms with Gasteiger partial charge in [-0.1, -0.05) is 29.5 Å². The summed E-state index contributed by atoms with van der Waals surface area (Å²) in [7, 11) is 0. The first-order valence-electron chi connectivity index (χ1n) is 5.17. The molecule has 94 valence electrons. The molecule has 0 fully saturated rings. The van der Waals surface area contributed by atoms with E-state index in [-0.39, 0.29) is 16.4 Å². The van der Waals surface area contributed by atoms with Crippen LogP contribution in [0.1, 0.15) is 24.2 Å². The standard InChI is InChI=1S/C12H15FO3S/c1-7-3-4-10(13)9(5-7)12(16)11(15)6-17-8(2)14/h3-5,11-12,15-16H,6H2,1-2H3. The lowest BCUT2D eigenvalue weighted by atomic mass is 10.0. The zero-order chi connectivity index (χ0) is 13.0. The molecule has 0 aliphatic rings. The summed E-state index contributed by atoms with van der Waals surface area (Å²) < 4.78 is 13.4. The van der Waals surface area contributed by atoms with Gasteiger partial charge >= 0.3 is 0 Å². The Kier molecular flexibility index (Phi) is 5.11. The quantitative estimate of drug-likeness (QED) is 0.864. The Morgan fingerprint density at radius 3 is 2.71 bits per heavy atom. The fourth-order valence-electron chi connectivity index (χ4n) is 1.39. The van der Waals surface area contributed by atoms with E-state index < -0.39 is 18.0 Å². The van der Waals surface area contributed by atoms with E-state index in [1.807, 2.05) is 0 Å². The summed E-state index contributed by atoms with van der Waals surface area (Å²) in [5.41, 5.74) is 0.855. The molecule has 0 saturated heterocycles. The highest BCUT2D eigenvalue weighted by Gasteiger charge is 2.22. The van der Waals surface area contributed by atoms with Crippen molar-refractivity contribution in [3.63, 3.8) is 0 Å². The largest absolute Gasteiger partial charge is 0.389 e. The lowest BCUT2D eigenvalue weighted by molar-refractivity contribution is -0.109. The summed E-state index contributed by atoms with van der Waals surface area (Å²) in [6, 6.07) is 4.32. The van der Waals surface area contributed by atoms with Gasteiger partial charge < -0.3 is 10.2 Å². The van der Waals surface area contributed by atoms with Gasteiger partial charge in [0.2, 0.25) is 0 Å². The van der Waals surface area contributed by atoms with Crippen molar-refractivity contribution in [2.75, 3.05) is 5.75 Å². The Balaban J connectivity index is 2.77. The van der Waals surface area contributed by atoms with E-state index in [0.717, 1.165) is 17.3 Å². The van der Waals surface area contributed by atoms with E-state index in [9.17, 15) is 19.4 Å². The Bertz CT molecular complexity index is 409. The van der Waals surface area contributed by atoms with Crippen molar-refractivity contribution in [2.24, 2.45) is 0 Å². The van der Waals surface area contributed by atoms with Crippen LogP contribution in [0, 0.1) is 12.7 Å². The van der Waals surface area contributed by atoms with Crippen LogP contribution in [-0.2, 0) is 4.79 Å². The fraction of sp³-hybridized carbons (Fsp3) is 0.417. The van der Waals surface area contributed by atoms with Gasteiger partial charge in [-0.25, -0.2) is 4.39 Å². The molecule has 2 N–H and O–H groups in total. The number of benzene rings is 1. The highest BCUT2D eigenvalue weighted by Crippen LogP contribution is 2.23. The van der Waals surface area contributed by atoms with Crippen molar-refractivity contribution >= 4 is 16.9 Å². The number of thioether (sulfide) groups is 1. The molecule has 0 spiro atoms. The maximum Gasteiger partial charge on any atom is 0.185 e. The van der Waals surface area contributed by atoms with Crippen molar-refractivity contribution in [2.45, 2.75) is 26.1 Å². The molecular weight excluding hydrogens is 243 g/mol. The topological polar surface area (TPSA) is 57.5 Å². The van der Waals surface area contributed by atoms with Crippen molar-refractivity contribution in [3.8, 4) is 0 Å². The van der Waals surface area contributed by atoms with E-state index in [4.69, 9.17) is 0 Å². The summed E-state index contributed by atoms with van der Waals surface area (Å²) in [5, 5.41) is 19.3. The van der Waals surface area contributed by atoms with E-state index in [2.05, 4.69) is 0 Å². The summed E-state index contributed by atoms with van der Waals surface area (Å²) in [5.74, 6) is -0.515. The van der Waals surface area contributed by atoms with Gasteiger partial charge in [-0.2, -0.15) is 0 Å². The number of rotatable bonds is 4. The maximum atomic E-state index is 13.4. The average molecular weight is 258 g/mol. The van der Waals surface area contributed by atoms with Gasteiger partial charge in [0.25, 0.3) is 0 Å². The highest BCUT2D eigenvalue weighted by molar-refractivity contribution is 8.13. The summed E-state index contributed by atoms with van der Waals surface area (Å²) >= 11 is 0.901. The molecular formula is C12H15FO3S. The Hall–Kier alpha value is -0.910. The van der Waals surface area contributed by atoms with Crippen LogP contribution in [0.25, 0.3) is 0 Å². The number of carbonyl (C=O) groups is 1. The second-order valence-electron chi connectivity index (χ2n) is 3.84. The van der Waals surface area contributed by atoms with Gasteiger partial charge in [-0.05, 0) is 13.0 Å². The first-order valence-corrected chi connectivity index (χ1v) is 6.16. The second-order valence-corrected chi connectivity index (χ2v) is 5.04. The van der Waals surface area contributed by atoms with Crippen LogP contribution in [0.5, 0.6) is 0 Å². The monoisotopic (exact) mass is 258 g/mol. The van der Waals surface area contributed by atoms with Crippen molar-refractivity contribution < 1.29 is 19.4 Å². The van der Waals surface area contributed by atoms with E-state index >= 15 is 0 Å². The molecule has 1 aromatic carbocycles. The number of aliphatic hydroxyl groups excluding tert-OH is 2. The van der Waals surface area contributed by atoms with Crippen LogP contribution < -0.4 is 0 Å². The number of aliphatic hydroxyl groups is 2. The van der Waals surface area contributed by atoms with Gasteiger partial charge in [0.1, 0.15) is 11.9 Å². The van der Waals surface area contributed by atoms with Crippen LogP contribution in [0.4, 0.5) is 4.39 Å². The Morgan fingerprint density at radius 2 is 2.12 bits per heavy atom. The molecule has 1 aromatic rings. The highest BCUT2D eigenvalue weighted by atomic mass is 32.2. The van der Waals surface area contributed by atoms with Crippen molar-refractivity contribution in [3.05, 3.63) is 35.1 Å². The van der Waals surface area contributed by atoms with E-state index in [1.165, 1.54) is 19.1 Å². The van der Waals surface area contributed by atoms with Gasteiger partial charge in [-0.3, -0.25) is 4.79 Å². The molecule has 0 aromatic heterocycles. The van der Waals surface area contributed by atoms with E-state index in [1.54, 1.807) is 13.0 Å². The van der Waals surface area contributed by atoms with E-state index in [0.29, 0.717) is 0 Å². The molecule has 17 heavy (non-hydrogen) atoms. The lowest BCUT2D eigenvalue weighted by Crippen LogP contribution is -2.22. The fourth-order valence-corrected chi connectivity index (χ4v) is 1.98. The summed E-state index contributed by atoms with van der Waals surface area (Å²) in [4.78, 5) is 10.7. The molecule has 0 radical (unpaired) electrons. The molecule has 0 bridgehead atoms. The van der Waals surface area contributed by atoms with Gasteiger partial charge in [0.15, 0.2) is 5.12 Å². The summed E-state index contributed by atoms with van der Waals surface area (Å²) in [6.45, 7) is 3.14. The third kappa shape index (κ3) is 4.11. The Morgan fingerprint density at radius 1 is 1.47 bits per heavy atom. The third-order valence-corrected chi connectivity index (χ3v) is 3.21. The molecule has 0 saturated carbocycles. The van der Waals surface area contributed by atoms with Crippen LogP contribution in [0.2, 0.25) is 0 Å².